The van der Waals surface area contributed by atoms with Crippen LogP contribution in [0.4, 0.5) is 13.2 Å². The summed E-state index contributed by atoms with van der Waals surface area (Å²) in [5.74, 6) is -1.48. The fourth-order valence-corrected chi connectivity index (χ4v) is 3.72. The number of rotatable bonds is 5. The highest BCUT2D eigenvalue weighted by atomic mass is 35.5. The lowest BCUT2D eigenvalue weighted by Gasteiger charge is -2.17. The molecule has 2 rings (SSSR count). The summed E-state index contributed by atoms with van der Waals surface area (Å²) in [5.41, 5.74) is -3.06. The van der Waals surface area contributed by atoms with E-state index in [1.54, 1.807) is 6.92 Å². The summed E-state index contributed by atoms with van der Waals surface area (Å²) >= 11 is 5.69. The standard InChI is InChI=1S/C13H15ClF3N3O4S/c1-3-23-11-8(10(13(15,16)17)18-7-19-11)5-25(21,22)9-4-12(2,6-14)24-20-9/h7H,3-6H2,1-2H3. The number of ether oxygens (including phenoxy) is 1. The van der Waals surface area contributed by atoms with Gasteiger partial charge < -0.3 is 9.57 Å². The molecule has 1 aromatic heterocycles. The second kappa shape index (κ2) is 6.94. The number of nitrogens with zero attached hydrogens (tertiary/aromatic N) is 3. The third kappa shape index (κ3) is 4.32. The lowest BCUT2D eigenvalue weighted by Crippen LogP contribution is -2.29. The number of halogens is 4. The van der Waals surface area contributed by atoms with Crippen LogP contribution >= 0.6 is 11.6 Å². The van der Waals surface area contributed by atoms with Gasteiger partial charge in [0, 0.05) is 6.42 Å². The number of sulfone groups is 1. The SMILES string of the molecule is CCOc1ncnc(C(F)(F)F)c1CS(=O)(=O)C1=NOC(C)(CCl)C1. The van der Waals surface area contributed by atoms with Crippen molar-refractivity contribution in [2.45, 2.75) is 37.8 Å². The van der Waals surface area contributed by atoms with Gasteiger partial charge in [-0.3, -0.25) is 0 Å². The van der Waals surface area contributed by atoms with Crippen LogP contribution in [0.15, 0.2) is 11.5 Å². The van der Waals surface area contributed by atoms with Crippen LogP contribution in [0.1, 0.15) is 31.5 Å². The Morgan fingerprint density at radius 3 is 2.60 bits per heavy atom. The molecule has 12 heteroatoms. The predicted molar refractivity (Wildman–Crippen MR) is 83.1 cm³/mol. The van der Waals surface area contributed by atoms with Gasteiger partial charge in [-0.15, -0.1) is 11.6 Å². The van der Waals surface area contributed by atoms with Crippen LogP contribution in [0.5, 0.6) is 5.88 Å². The predicted octanol–water partition coefficient (Wildman–Crippen LogP) is 2.54. The molecule has 1 aliphatic rings. The van der Waals surface area contributed by atoms with E-state index in [1.807, 2.05) is 0 Å². The summed E-state index contributed by atoms with van der Waals surface area (Å²) < 4.78 is 69.6. The molecule has 25 heavy (non-hydrogen) atoms. The van der Waals surface area contributed by atoms with Crippen molar-refractivity contribution in [2.75, 3.05) is 12.5 Å². The van der Waals surface area contributed by atoms with E-state index < -0.39 is 44.5 Å². The quantitative estimate of drug-likeness (QED) is 0.704. The highest BCUT2D eigenvalue weighted by Gasteiger charge is 2.42. The number of hydrogen-bond donors (Lipinski definition) is 0. The van der Waals surface area contributed by atoms with Crippen molar-refractivity contribution in [1.82, 2.24) is 9.97 Å². The monoisotopic (exact) mass is 401 g/mol. The molecule has 7 nitrogen and oxygen atoms in total. The Morgan fingerprint density at radius 1 is 1.40 bits per heavy atom. The third-order valence-corrected chi connectivity index (χ3v) is 5.50. The molecule has 0 saturated heterocycles. The summed E-state index contributed by atoms with van der Waals surface area (Å²) in [4.78, 5) is 11.8. The molecule has 1 atom stereocenters. The fourth-order valence-electron chi connectivity index (χ4n) is 2.09. The lowest BCUT2D eigenvalue weighted by molar-refractivity contribution is -0.141. The van der Waals surface area contributed by atoms with E-state index in [0.29, 0.717) is 6.33 Å². The Morgan fingerprint density at radius 2 is 2.08 bits per heavy atom. The first-order valence-electron chi connectivity index (χ1n) is 7.10. The van der Waals surface area contributed by atoms with Gasteiger partial charge in [0.1, 0.15) is 6.33 Å². The van der Waals surface area contributed by atoms with E-state index in [1.165, 1.54) is 6.92 Å². The smallest absolute Gasteiger partial charge is 0.433 e. The van der Waals surface area contributed by atoms with Crippen molar-refractivity contribution >= 4 is 26.5 Å². The zero-order valence-corrected chi connectivity index (χ0v) is 14.9. The minimum Gasteiger partial charge on any atom is -0.478 e. The molecule has 1 aliphatic heterocycles. The largest absolute Gasteiger partial charge is 0.478 e. The summed E-state index contributed by atoms with van der Waals surface area (Å²) in [5, 5.41) is 3.10. The van der Waals surface area contributed by atoms with Crippen molar-refractivity contribution in [1.29, 1.82) is 0 Å². The van der Waals surface area contributed by atoms with E-state index in [4.69, 9.17) is 21.2 Å². The molecular formula is C13H15ClF3N3O4S. The Hall–Kier alpha value is -1.62. The molecule has 0 saturated carbocycles. The first-order chi connectivity index (χ1) is 11.5. The van der Waals surface area contributed by atoms with Crippen LogP contribution < -0.4 is 4.74 Å². The minimum atomic E-state index is -4.86. The fraction of sp³-hybridized carbons (Fsp3) is 0.615. The van der Waals surface area contributed by atoms with Crippen LogP contribution in [-0.2, 0) is 26.6 Å². The number of hydrogen-bond acceptors (Lipinski definition) is 7. The highest BCUT2D eigenvalue weighted by Crippen LogP contribution is 2.35. The van der Waals surface area contributed by atoms with Gasteiger partial charge in [-0.2, -0.15) is 13.2 Å². The van der Waals surface area contributed by atoms with Gasteiger partial charge in [0.2, 0.25) is 5.88 Å². The Balaban J connectivity index is 2.42. The van der Waals surface area contributed by atoms with Crippen LogP contribution in [0, 0.1) is 0 Å². The average molecular weight is 402 g/mol. The van der Waals surface area contributed by atoms with Crippen molar-refractivity contribution in [3.63, 3.8) is 0 Å². The van der Waals surface area contributed by atoms with Crippen LogP contribution in [0.25, 0.3) is 0 Å². The third-order valence-electron chi connectivity index (χ3n) is 3.32. The summed E-state index contributed by atoms with van der Waals surface area (Å²) in [6.45, 7) is 3.09. The van der Waals surface area contributed by atoms with Gasteiger partial charge in [-0.25, -0.2) is 18.4 Å². The first-order valence-corrected chi connectivity index (χ1v) is 9.29. The average Bonchev–Trinajstić information content (AvgIpc) is 2.92. The number of oxime groups is 1. The Labute approximate surface area is 147 Å². The van der Waals surface area contributed by atoms with Crippen LogP contribution in [0.3, 0.4) is 0 Å². The molecule has 1 aromatic rings. The van der Waals surface area contributed by atoms with Crippen LogP contribution in [0.2, 0.25) is 0 Å². The molecule has 0 N–H and O–H groups in total. The molecule has 0 fully saturated rings. The van der Waals surface area contributed by atoms with Gasteiger partial charge in [0.15, 0.2) is 26.2 Å². The molecule has 1 unspecified atom stereocenters. The first kappa shape index (κ1) is 19.7. The molecule has 0 aliphatic carbocycles. The van der Waals surface area contributed by atoms with Gasteiger partial charge in [0.25, 0.3) is 0 Å². The van der Waals surface area contributed by atoms with E-state index in [2.05, 4.69) is 15.1 Å². The van der Waals surface area contributed by atoms with E-state index in [0.717, 1.165) is 0 Å². The van der Waals surface area contributed by atoms with Gasteiger partial charge in [-0.1, -0.05) is 5.16 Å². The lowest BCUT2D eigenvalue weighted by atomic mass is 10.1. The van der Waals surface area contributed by atoms with Gasteiger partial charge in [-0.05, 0) is 13.8 Å². The number of aromatic nitrogens is 2. The molecule has 0 amide bonds. The molecule has 0 bridgehead atoms. The zero-order valence-electron chi connectivity index (χ0n) is 13.3. The Kier molecular flexibility index (Phi) is 5.47. The van der Waals surface area contributed by atoms with Crippen LogP contribution in [-0.4, -0.2) is 41.5 Å². The maximum absolute atomic E-state index is 13.2. The maximum atomic E-state index is 13.2. The maximum Gasteiger partial charge on any atom is 0.433 e. The van der Waals surface area contributed by atoms with E-state index >= 15 is 0 Å². The van der Waals surface area contributed by atoms with Gasteiger partial charge >= 0.3 is 6.18 Å². The Bertz CT molecular complexity index is 785. The van der Waals surface area contributed by atoms with Crippen molar-refractivity contribution in [3.05, 3.63) is 17.6 Å². The molecule has 0 aromatic carbocycles. The zero-order chi connectivity index (χ0) is 18.9. The van der Waals surface area contributed by atoms with Crippen molar-refractivity contribution in [3.8, 4) is 5.88 Å². The van der Waals surface area contributed by atoms with Crippen molar-refractivity contribution < 1.29 is 31.2 Å². The topological polar surface area (TPSA) is 90.7 Å². The molecule has 0 radical (unpaired) electrons. The summed E-state index contributed by atoms with van der Waals surface area (Å²) in [7, 11) is -4.21. The molecular weight excluding hydrogens is 387 g/mol. The highest BCUT2D eigenvalue weighted by molar-refractivity contribution is 8.05. The van der Waals surface area contributed by atoms with Crippen molar-refractivity contribution in [2.24, 2.45) is 5.16 Å². The second-order valence-corrected chi connectivity index (χ2v) is 7.79. The summed E-state index contributed by atoms with van der Waals surface area (Å²) in [6.07, 6.45) is -4.33. The van der Waals surface area contributed by atoms with E-state index in [-0.39, 0.29) is 24.0 Å². The van der Waals surface area contributed by atoms with Gasteiger partial charge in [0.05, 0.1) is 23.8 Å². The molecule has 2 heterocycles. The normalized spacial score (nSPS) is 21.0. The van der Waals surface area contributed by atoms with E-state index in [9.17, 15) is 21.6 Å². The molecule has 0 spiro atoms. The number of alkyl halides is 4. The molecule has 140 valence electrons. The summed E-state index contributed by atoms with van der Waals surface area (Å²) in [6, 6.07) is 0. The second-order valence-electron chi connectivity index (χ2n) is 5.53. The minimum absolute atomic E-state index is 0.00966.